The lowest BCUT2D eigenvalue weighted by molar-refractivity contribution is -0.136. The fourth-order valence-electron chi connectivity index (χ4n) is 1.74. The van der Waals surface area contributed by atoms with E-state index in [1.807, 2.05) is 0 Å². The van der Waals surface area contributed by atoms with Crippen molar-refractivity contribution >= 4 is 19.3 Å². The summed E-state index contributed by atoms with van der Waals surface area (Å²) >= 11 is 0. The molecule has 0 fully saturated rings. The van der Waals surface area contributed by atoms with Crippen LogP contribution < -0.4 is 4.43 Å². The Morgan fingerprint density at radius 3 is 2.24 bits per heavy atom. The summed E-state index contributed by atoms with van der Waals surface area (Å²) in [5.41, 5.74) is -0.560. The molecule has 116 valence electrons. The van der Waals surface area contributed by atoms with E-state index in [0.29, 0.717) is 5.75 Å². The van der Waals surface area contributed by atoms with Gasteiger partial charge in [0, 0.05) is 11.5 Å². The quantitative estimate of drug-likeness (QED) is 0.650. The van der Waals surface area contributed by atoms with Crippen LogP contribution in [-0.2, 0) is 6.18 Å². The second-order valence-corrected chi connectivity index (χ2v) is 11.4. The van der Waals surface area contributed by atoms with Crippen LogP contribution in [0, 0.1) is 0 Å². The number of hydrogen-bond donors (Lipinski definition) is 0. The molecule has 1 aromatic carbocycles. The lowest BCUT2D eigenvalue weighted by atomic mass is 10.1. The third kappa shape index (κ3) is 3.10. The molecular weight excluding hydrogens is 297 g/mol. The Bertz CT molecular complexity index is 651. The van der Waals surface area contributed by atoms with Gasteiger partial charge in [-0.1, -0.05) is 20.8 Å². The van der Waals surface area contributed by atoms with E-state index < -0.39 is 20.1 Å². The number of halogens is 3. The maximum Gasteiger partial charge on any atom is 0.420 e. The van der Waals surface area contributed by atoms with Gasteiger partial charge >= 0.3 is 6.18 Å². The second-order valence-electron chi connectivity index (χ2n) is 6.67. The lowest BCUT2D eigenvalue weighted by Gasteiger charge is -2.36. The number of hydrogen-bond acceptors (Lipinski definition) is 2. The van der Waals surface area contributed by atoms with E-state index in [9.17, 15) is 13.2 Å². The lowest BCUT2D eigenvalue weighted by Crippen LogP contribution is -2.43. The van der Waals surface area contributed by atoms with E-state index in [0.717, 1.165) is 6.26 Å². The van der Waals surface area contributed by atoms with Gasteiger partial charge in [-0.25, -0.2) is 0 Å². The average molecular weight is 316 g/mol. The van der Waals surface area contributed by atoms with Crippen molar-refractivity contribution in [3.63, 3.8) is 0 Å². The number of benzene rings is 1. The summed E-state index contributed by atoms with van der Waals surface area (Å²) in [5.74, 6) is 0.553. The van der Waals surface area contributed by atoms with Gasteiger partial charge in [0.25, 0.3) is 0 Å². The van der Waals surface area contributed by atoms with Crippen LogP contribution in [0.5, 0.6) is 5.75 Å². The molecule has 2 nitrogen and oxygen atoms in total. The van der Waals surface area contributed by atoms with Gasteiger partial charge < -0.3 is 8.84 Å². The van der Waals surface area contributed by atoms with Crippen LogP contribution in [-0.4, -0.2) is 8.32 Å². The van der Waals surface area contributed by atoms with Crippen LogP contribution in [0.25, 0.3) is 11.0 Å². The SMILES string of the molecule is CC(C)(C)[Si](C)(C)Oc1ccc2c(C(F)(F)F)coc2c1. The number of furan rings is 1. The fraction of sp³-hybridized carbons (Fsp3) is 0.467. The summed E-state index contributed by atoms with van der Waals surface area (Å²) in [5, 5.41) is 0.0764. The van der Waals surface area contributed by atoms with Crippen LogP contribution in [0.15, 0.2) is 28.9 Å². The first-order valence-corrected chi connectivity index (χ1v) is 9.60. The van der Waals surface area contributed by atoms with Gasteiger partial charge in [-0.2, -0.15) is 13.2 Å². The van der Waals surface area contributed by atoms with Crippen molar-refractivity contribution in [3.8, 4) is 5.75 Å². The highest BCUT2D eigenvalue weighted by Crippen LogP contribution is 2.40. The van der Waals surface area contributed by atoms with E-state index >= 15 is 0 Å². The molecule has 0 saturated carbocycles. The molecule has 21 heavy (non-hydrogen) atoms. The molecule has 0 unspecified atom stereocenters. The molecule has 0 amide bonds. The standard InChI is InChI=1S/C15H19F3O2Si/c1-14(2,3)21(4,5)20-10-6-7-11-12(15(16,17)18)9-19-13(11)8-10/h6-9H,1-5H3. The van der Waals surface area contributed by atoms with Gasteiger partial charge in [0.2, 0.25) is 8.32 Å². The third-order valence-corrected chi connectivity index (χ3v) is 8.39. The fourth-order valence-corrected chi connectivity index (χ4v) is 2.76. The average Bonchev–Trinajstić information content (AvgIpc) is 2.69. The molecule has 0 aliphatic carbocycles. The van der Waals surface area contributed by atoms with E-state index in [1.165, 1.54) is 12.1 Å². The van der Waals surface area contributed by atoms with Gasteiger partial charge in [0.05, 0.1) is 0 Å². The van der Waals surface area contributed by atoms with Gasteiger partial charge in [0.1, 0.15) is 23.2 Å². The molecule has 0 aliphatic rings. The second kappa shape index (κ2) is 4.80. The van der Waals surface area contributed by atoms with Gasteiger partial charge in [-0.3, -0.25) is 0 Å². The molecule has 0 spiro atoms. The van der Waals surface area contributed by atoms with Crippen molar-refractivity contribution in [2.45, 2.75) is 45.1 Å². The number of fused-ring (bicyclic) bond motifs is 1. The van der Waals surface area contributed by atoms with Crippen molar-refractivity contribution in [2.24, 2.45) is 0 Å². The van der Waals surface area contributed by atoms with E-state index in [1.54, 1.807) is 6.07 Å². The van der Waals surface area contributed by atoms with Crippen LogP contribution >= 0.6 is 0 Å². The molecule has 0 atom stereocenters. The monoisotopic (exact) mass is 316 g/mol. The normalized spacial score (nSPS) is 13.7. The van der Waals surface area contributed by atoms with Crippen LogP contribution in [0.1, 0.15) is 26.3 Å². The zero-order valence-corrected chi connectivity index (χ0v) is 13.8. The zero-order chi connectivity index (χ0) is 16.1. The van der Waals surface area contributed by atoms with Gasteiger partial charge in [-0.15, -0.1) is 0 Å². The van der Waals surface area contributed by atoms with Crippen molar-refractivity contribution in [1.82, 2.24) is 0 Å². The largest absolute Gasteiger partial charge is 0.543 e. The number of alkyl halides is 3. The minimum Gasteiger partial charge on any atom is -0.543 e. The first kappa shape index (κ1) is 15.9. The molecule has 6 heteroatoms. The maximum atomic E-state index is 12.8. The summed E-state index contributed by atoms with van der Waals surface area (Å²) in [7, 11) is -2.03. The minimum atomic E-state index is -4.41. The first-order chi connectivity index (χ1) is 9.42. The highest BCUT2D eigenvalue weighted by molar-refractivity contribution is 6.74. The minimum absolute atomic E-state index is 0.0161. The zero-order valence-electron chi connectivity index (χ0n) is 12.8. The Hall–Kier alpha value is -1.43. The highest BCUT2D eigenvalue weighted by atomic mass is 28.4. The predicted molar refractivity (Wildman–Crippen MR) is 79.0 cm³/mol. The Morgan fingerprint density at radius 2 is 1.71 bits per heavy atom. The molecular formula is C15H19F3O2Si. The summed E-state index contributed by atoms with van der Waals surface area (Å²) in [6.45, 7) is 10.5. The molecule has 0 bridgehead atoms. The molecule has 2 rings (SSSR count). The van der Waals surface area contributed by atoms with Crippen molar-refractivity contribution in [1.29, 1.82) is 0 Å². The molecule has 2 aromatic rings. The van der Waals surface area contributed by atoms with Crippen LogP contribution in [0.2, 0.25) is 18.1 Å². The van der Waals surface area contributed by atoms with Crippen LogP contribution in [0.3, 0.4) is 0 Å². The van der Waals surface area contributed by atoms with Gasteiger partial charge in [-0.05, 0) is 30.3 Å². The summed E-state index contributed by atoms with van der Waals surface area (Å²) < 4.78 is 49.5. The van der Waals surface area contributed by atoms with E-state index in [-0.39, 0.29) is 16.0 Å². The maximum absolute atomic E-state index is 12.8. The highest BCUT2D eigenvalue weighted by Gasteiger charge is 2.39. The molecule has 0 radical (unpaired) electrons. The topological polar surface area (TPSA) is 22.4 Å². The van der Waals surface area contributed by atoms with Gasteiger partial charge in [0.15, 0.2) is 0 Å². The Kier molecular flexibility index (Phi) is 3.64. The van der Waals surface area contributed by atoms with E-state index in [4.69, 9.17) is 8.84 Å². The third-order valence-electron chi connectivity index (χ3n) is 4.03. The Labute approximate surface area is 123 Å². The predicted octanol–water partition coefficient (Wildman–Crippen LogP) is 5.84. The Balaban J connectivity index is 2.38. The summed E-state index contributed by atoms with van der Waals surface area (Å²) in [4.78, 5) is 0. The summed E-state index contributed by atoms with van der Waals surface area (Å²) in [6.07, 6.45) is -3.66. The number of rotatable bonds is 2. The smallest absolute Gasteiger partial charge is 0.420 e. The first-order valence-electron chi connectivity index (χ1n) is 6.69. The molecule has 1 heterocycles. The molecule has 0 N–H and O–H groups in total. The van der Waals surface area contributed by atoms with Crippen molar-refractivity contribution in [2.75, 3.05) is 0 Å². The molecule has 1 aromatic heterocycles. The summed E-state index contributed by atoms with van der Waals surface area (Å²) in [6, 6.07) is 4.52. The van der Waals surface area contributed by atoms with Crippen molar-refractivity contribution in [3.05, 3.63) is 30.0 Å². The molecule has 0 aliphatic heterocycles. The van der Waals surface area contributed by atoms with Crippen molar-refractivity contribution < 1.29 is 22.0 Å². The van der Waals surface area contributed by atoms with Crippen LogP contribution in [0.4, 0.5) is 13.2 Å². The molecule has 0 saturated heterocycles. The van der Waals surface area contributed by atoms with E-state index in [2.05, 4.69) is 33.9 Å². The Morgan fingerprint density at radius 1 is 1.10 bits per heavy atom.